The lowest BCUT2D eigenvalue weighted by Crippen LogP contribution is -2.46. The number of rotatable bonds is 14. The number of carbonyl (C=O) groups is 3. The number of methoxy groups -OCH3 is 1. The Bertz CT molecular complexity index is 1640. The number of hydrogen-bond acceptors (Lipinski definition) is 10. The Balaban J connectivity index is 1.45. The monoisotopic (exact) mass is 693 g/mol. The fourth-order valence-electron chi connectivity index (χ4n) is 7.43. The van der Waals surface area contributed by atoms with Gasteiger partial charge in [0.25, 0.3) is 11.8 Å². The van der Waals surface area contributed by atoms with Gasteiger partial charge in [-0.15, -0.1) is 5.10 Å². The van der Waals surface area contributed by atoms with Crippen LogP contribution in [0, 0.1) is 5.92 Å². The molecule has 2 aliphatic heterocycles. The number of ether oxygens (including phenoxy) is 2. The Morgan fingerprint density at radius 3 is 2.53 bits per heavy atom. The number of aromatic nitrogens is 3. The summed E-state index contributed by atoms with van der Waals surface area (Å²) in [6.45, 7) is 7.64. The summed E-state index contributed by atoms with van der Waals surface area (Å²) in [6, 6.07) is 14.8. The van der Waals surface area contributed by atoms with Crippen LogP contribution in [0.3, 0.4) is 0 Å². The lowest BCUT2D eigenvalue weighted by molar-refractivity contribution is -0.146. The molecule has 5 rings (SSSR count). The standard InChI is InChI=1S/C35H47N5O8Si/c1-22-32(49(4,5)46)30(16-18-39-20-28(37-38-39)26(21-41)24-11-7-6-8-12-24)48-35(22)27-19-25(36-33(44)23(2)42)14-15-29(27)40(34(35)45)17-10-9-13-31(43)47-3/h6-8,11-12,14-15,19-20,22-23,26,30,32,41-42,46H,9-10,13,16-18,21H2,1-5H3,(H,36,44)/t22-,23-,26?,30+,32-,35+/m0/s1. The topological polar surface area (TPSA) is 176 Å². The fourth-order valence-corrected chi connectivity index (χ4v) is 10.0. The van der Waals surface area contributed by atoms with E-state index in [-0.39, 0.29) is 36.4 Å². The summed E-state index contributed by atoms with van der Waals surface area (Å²) in [4.78, 5) is 52.1. The highest BCUT2D eigenvalue weighted by molar-refractivity contribution is 6.71. The zero-order chi connectivity index (χ0) is 35.5. The van der Waals surface area contributed by atoms with Crippen LogP contribution in [0.15, 0.2) is 54.7 Å². The zero-order valence-electron chi connectivity index (χ0n) is 28.7. The van der Waals surface area contributed by atoms with Crippen LogP contribution in [0.4, 0.5) is 11.4 Å². The molecule has 49 heavy (non-hydrogen) atoms. The summed E-state index contributed by atoms with van der Waals surface area (Å²) in [7, 11) is -1.61. The molecule has 3 aromatic rings. The van der Waals surface area contributed by atoms with Crippen LogP contribution in [0.2, 0.25) is 18.6 Å². The minimum absolute atomic E-state index is 0.124. The summed E-state index contributed by atoms with van der Waals surface area (Å²) in [5.74, 6) is -1.91. The van der Waals surface area contributed by atoms with Crippen LogP contribution in [0.1, 0.15) is 62.3 Å². The molecular weight excluding hydrogens is 646 g/mol. The van der Waals surface area contributed by atoms with E-state index in [0.29, 0.717) is 55.0 Å². The van der Waals surface area contributed by atoms with Crippen molar-refractivity contribution in [2.24, 2.45) is 5.92 Å². The molecular formula is C35H47N5O8Si. The van der Waals surface area contributed by atoms with Gasteiger partial charge in [-0.2, -0.15) is 0 Å². The molecule has 264 valence electrons. The van der Waals surface area contributed by atoms with Crippen molar-refractivity contribution < 1.29 is 38.9 Å². The van der Waals surface area contributed by atoms with Crippen LogP contribution in [-0.4, -0.2) is 88.6 Å². The Kier molecular flexibility index (Phi) is 11.0. The summed E-state index contributed by atoms with van der Waals surface area (Å²) >= 11 is 0. The minimum Gasteiger partial charge on any atom is -0.469 e. The van der Waals surface area contributed by atoms with Crippen LogP contribution < -0.4 is 10.2 Å². The lowest BCUT2D eigenvalue weighted by Gasteiger charge is -2.32. The van der Waals surface area contributed by atoms with Crippen molar-refractivity contribution in [3.05, 3.63) is 71.5 Å². The minimum atomic E-state index is -2.95. The number of esters is 1. The molecule has 2 amide bonds. The van der Waals surface area contributed by atoms with E-state index in [1.54, 1.807) is 27.8 Å². The van der Waals surface area contributed by atoms with Gasteiger partial charge in [0.2, 0.25) is 0 Å². The van der Waals surface area contributed by atoms with E-state index in [4.69, 9.17) is 9.47 Å². The van der Waals surface area contributed by atoms with Gasteiger partial charge in [-0.3, -0.25) is 19.1 Å². The molecule has 6 atom stereocenters. The number of amides is 2. The molecule has 0 saturated carbocycles. The molecule has 1 saturated heterocycles. The number of benzene rings is 2. The van der Waals surface area contributed by atoms with E-state index in [9.17, 15) is 29.4 Å². The molecule has 2 aromatic carbocycles. The third-order valence-corrected chi connectivity index (χ3v) is 12.3. The van der Waals surface area contributed by atoms with Crippen molar-refractivity contribution in [2.75, 3.05) is 30.5 Å². The molecule has 14 heteroatoms. The lowest BCUT2D eigenvalue weighted by atomic mass is 9.82. The largest absolute Gasteiger partial charge is 0.469 e. The van der Waals surface area contributed by atoms with Crippen molar-refractivity contribution in [3.63, 3.8) is 0 Å². The highest BCUT2D eigenvalue weighted by Crippen LogP contribution is 2.60. The third-order valence-electron chi connectivity index (χ3n) is 9.81. The highest BCUT2D eigenvalue weighted by Gasteiger charge is 2.66. The quantitative estimate of drug-likeness (QED) is 0.111. The first-order valence-electron chi connectivity index (χ1n) is 16.8. The van der Waals surface area contributed by atoms with Crippen molar-refractivity contribution in [1.29, 1.82) is 0 Å². The van der Waals surface area contributed by atoms with E-state index >= 15 is 0 Å². The molecule has 1 unspecified atom stereocenters. The van der Waals surface area contributed by atoms with Crippen molar-refractivity contribution >= 4 is 37.5 Å². The third kappa shape index (κ3) is 7.33. The predicted octanol–water partition coefficient (Wildman–Crippen LogP) is 3.30. The maximum atomic E-state index is 14.6. The zero-order valence-corrected chi connectivity index (χ0v) is 29.7. The molecule has 2 aliphatic rings. The van der Waals surface area contributed by atoms with E-state index in [1.807, 2.05) is 56.5 Å². The molecule has 1 aromatic heterocycles. The summed E-state index contributed by atoms with van der Waals surface area (Å²) in [6.07, 6.45) is 1.81. The molecule has 0 bridgehead atoms. The number of fused-ring (bicyclic) bond motifs is 2. The molecule has 3 heterocycles. The number of hydrogen-bond donors (Lipinski definition) is 4. The second-order valence-electron chi connectivity index (χ2n) is 13.6. The summed E-state index contributed by atoms with van der Waals surface area (Å²) < 4.78 is 13.4. The van der Waals surface area contributed by atoms with Gasteiger partial charge in [0.1, 0.15) is 6.10 Å². The van der Waals surface area contributed by atoms with E-state index in [2.05, 4.69) is 15.6 Å². The first-order valence-corrected chi connectivity index (χ1v) is 19.8. The Morgan fingerprint density at radius 2 is 1.88 bits per heavy atom. The average Bonchev–Trinajstić information content (AvgIpc) is 3.72. The van der Waals surface area contributed by atoms with E-state index in [1.165, 1.54) is 14.0 Å². The molecule has 0 radical (unpaired) electrons. The average molecular weight is 694 g/mol. The summed E-state index contributed by atoms with van der Waals surface area (Å²) in [5.41, 5.74) is 1.42. The number of aryl methyl sites for hydroxylation is 1. The number of aliphatic hydroxyl groups excluding tert-OH is 2. The number of aliphatic hydroxyl groups is 2. The molecule has 1 fully saturated rings. The highest BCUT2D eigenvalue weighted by atomic mass is 28.4. The fraction of sp³-hybridized carbons (Fsp3) is 0.514. The first-order chi connectivity index (χ1) is 23.3. The van der Waals surface area contributed by atoms with Gasteiger partial charge in [-0.05, 0) is 63.0 Å². The SMILES string of the molecule is COC(=O)CCCCN1C(=O)[C@]2(O[C@H](CCn3cc(C(CO)c4ccccc4)nn3)[C@@H]([Si](C)(C)O)[C@@H]2C)c2cc(NC(=O)[C@H](C)O)ccc21. The van der Waals surface area contributed by atoms with Crippen LogP contribution in [0.5, 0.6) is 0 Å². The number of nitrogens with one attached hydrogen (secondary N) is 1. The van der Waals surface area contributed by atoms with Crippen LogP contribution >= 0.6 is 0 Å². The first kappa shape index (κ1) is 36.3. The van der Waals surface area contributed by atoms with Gasteiger partial charge in [-0.25, -0.2) is 0 Å². The molecule has 13 nitrogen and oxygen atoms in total. The second-order valence-corrected chi connectivity index (χ2v) is 17.6. The predicted molar refractivity (Wildman–Crippen MR) is 184 cm³/mol. The number of anilines is 2. The number of unbranched alkanes of at least 4 members (excludes halogenated alkanes) is 1. The number of carbonyl (C=O) groups excluding carboxylic acids is 3. The smallest absolute Gasteiger partial charge is 0.305 e. The second kappa shape index (κ2) is 14.9. The summed E-state index contributed by atoms with van der Waals surface area (Å²) in [5, 5.41) is 31.3. The molecule has 4 N–H and O–H groups in total. The van der Waals surface area contributed by atoms with Gasteiger partial charge in [0.15, 0.2) is 13.9 Å². The maximum absolute atomic E-state index is 14.6. The van der Waals surface area contributed by atoms with Crippen molar-refractivity contribution in [3.8, 4) is 0 Å². The van der Waals surface area contributed by atoms with Crippen LogP contribution in [0.25, 0.3) is 0 Å². The van der Waals surface area contributed by atoms with Gasteiger partial charge in [0.05, 0.1) is 37.1 Å². The molecule has 0 aliphatic carbocycles. The number of nitrogens with zero attached hydrogens (tertiary/aromatic N) is 4. The molecule has 1 spiro atoms. The Hall–Kier alpha value is -3.95. The van der Waals surface area contributed by atoms with E-state index < -0.39 is 38.0 Å². The Labute approximate surface area is 287 Å². The normalized spacial score (nSPS) is 23.1. The van der Waals surface area contributed by atoms with Gasteiger partial charge in [-0.1, -0.05) is 42.5 Å². The van der Waals surface area contributed by atoms with Crippen LogP contribution in [-0.2, 0) is 36.0 Å². The van der Waals surface area contributed by atoms with E-state index in [0.717, 1.165) is 5.56 Å². The van der Waals surface area contributed by atoms with Crippen molar-refractivity contribution in [2.45, 2.75) is 88.4 Å². The Morgan fingerprint density at radius 1 is 1.14 bits per heavy atom. The van der Waals surface area contributed by atoms with Gasteiger partial charge >= 0.3 is 5.97 Å². The van der Waals surface area contributed by atoms with Gasteiger partial charge < -0.3 is 34.7 Å². The van der Waals surface area contributed by atoms with Gasteiger partial charge in [0, 0.05) is 48.4 Å². The maximum Gasteiger partial charge on any atom is 0.305 e. The van der Waals surface area contributed by atoms with Crippen molar-refractivity contribution in [1.82, 2.24) is 15.0 Å².